The van der Waals surface area contributed by atoms with Crippen LogP contribution in [0.2, 0.25) is 0 Å². The van der Waals surface area contributed by atoms with E-state index >= 15 is 0 Å². The molecule has 4 heteroatoms. The Hall–Kier alpha value is -1.45. The topological polar surface area (TPSA) is 43.6 Å². The van der Waals surface area contributed by atoms with E-state index in [1.807, 2.05) is 24.3 Å². The Morgan fingerprint density at radius 3 is 3.40 bits per heavy atom. The fourth-order valence-electron chi connectivity index (χ4n) is 0.842. The highest BCUT2D eigenvalue weighted by Gasteiger charge is 1.99. The molecule has 2 rings (SSSR count). The summed E-state index contributed by atoms with van der Waals surface area (Å²) in [5.74, 6) is 0.810. The highest BCUT2D eigenvalue weighted by Crippen LogP contribution is 1.99. The molecular formula is C6H6N4. The average molecular weight is 134 g/mol. The van der Waals surface area contributed by atoms with Gasteiger partial charge in [0, 0.05) is 0 Å². The zero-order valence-electron chi connectivity index (χ0n) is 5.31. The Labute approximate surface area is 57.9 Å². The first kappa shape index (κ1) is 5.34. The van der Waals surface area contributed by atoms with Gasteiger partial charge in [-0.1, -0.05) is 18.2 Å². The normalized spacial score (nSPS) is 14.8. The molecule has 0 bridgehead atoms. The fourth-order valence-corrected chi connectivity index (χ4v) is 0.842. The second-order valence-electron chi connectivity index (χ2n) is 2.01. The molecule has 1 aromatic rings. The van der Waals surface area contributed by atoms with E-state index in [2.05, 4.69) is 15.5 Å². The third-order valence-corrected chi connectivity index (χ3v) is 1.33. The standard InChI is InChI=1S/C6H6N4/c1-2-4-6-7-8-9-10(6)5-3-1/h1-4H,5H2. The molecule has 0 fully saturated rings. The van der Waals surface area contributed by atoms with Crippen molar-refractivity contribution < 1.29 is 0 Å². The number of fused-ring (bicyclic) bond motifs is 1. The maximum atomic E-state index is 3.79. The molecule has 0 spiro atoms. The van der Waals surface area contributed by atoms with Crippen LogP contribution in [0.1, 0.15) is 5.82 Å². The van der Waals surface area contributed by atoms with E-state index in [0.717, 1.165) is 12.4 Å². The maximum Gasteiger partial charge on any atom is 0.174 e. The maximum absolute atomic E-state index is 3.79. The van der Waals surface area contributed by atoms with Gasteiger partial charge in [0.25, 0.3) is 0 Å². The van der Waals surface area contributed by atoms with E-state index in [0.29, 0.717) is 0 Å². The van der Waals surface area contributed by atoms with Crippen molar-refractivity contribution in [1.82, 2.24) is 20.2 Å². The molecule has 0 unspecified atom stereocenters. The van der Waals surface area contributed by atoms with Crippen LogP contribution in [0.25, 0.3) is 6.08 Å². The predicted molar refractivity (Wildman–Crippen MR) is 36.0 cm³/mol. The summed E-state index contributed by atoms with van der Waals surface area (Å²) in [6.07, 6.45) is 7.78. The number of rotatable bonds is 0. The van der Waals surface area contributed by atoms with Gasteiger partial charge in [0.2, 0.25) is 0 Å². The highest BCUT2D eigenvalue weighted by atomic mass is 15.5. The summed E-state index contributed by atoms with van der Waals surface area (Å²) in [6, 6.07) is 0. The zero-order chi connectivity index (χ0) is 6.81. The van der Waals surface area contributed by atoms with E-state index in [4.69, 9.17) is 0 Å². The van der Waals surface area contributed by atoms with E-state index in [1.54, 1.807) is 4.68 Å². The third-order valence-electron chi connectivity index (χ3n) is 1.33. The summed E-state index contributed by atoms with van der Waals surface area (Å²) in [5, 5.41) is 11.1. The fraction of sp³-hybridized carbons (Fsp3) is 0.167. The van der Waals surface area contributed by atoms with Gasteiger partial charge < -0.3 is 0 Å². The first-order chi connectivity index (χ1) is 4.97. The minimum Gasteiger partial charge on any atom is -0.222 e. The van der Waals surface area contributed by atoms with Crippen LogP contribution in [-0.4, -0.2) is 20.2 Å². The molecule has 0 aliphatic carbocycles. The van der Waals surface area contributed by atoms with Gasteiger partial charge in [-0.05, 0) is 16.5 Å². The summed E-state index contributed by atoms with van der Waals surface area (Å²) in [4.78, 5) is 0. The zero-order valence-corrected chi connectivity index (χ0v) is 5.31. The van der Waals surface area contributed by atoms with Gasteiger partial charge in [0.1, 0.15) is 0 Å². The van der Waals surface area contributed by atoms with Gasteiger partial charge in [-0.3, -0.25) is 0 Å². The molecule has 0 amide bonds. The quantitative estimate of drug-likeness (QED) is 0.511. The summed E-state index contributed by atoms with van der Waals surface area (Å²) in [6.45, 7) is 0.759. The molecule has 50 valence electrons. The summed E-state index contributed by atoms with van der Waals surface area (Å²) in [7, 11) is 0. The van der Waals surface area contributed by atoms with Crippen LogP contribution in [0, 0.1) is 0 Å². The lowest BCUT2D eigenvalue weighted by Crippen LogP contribution is -1.99. The molecule has 0 radical (unpaired) electrons. The lowest BCUT2D eigenvalue weighted by Gasteiger charge is -1.91. The van der Waals surface area contributed by atoms with Crippen molar-refractivity contribution >= 4 is 6.08 Å². The van der Waals surface area contributed by atoms with Crippen LogP contribution < -0.4 is 0 Å². The Balaban J connectivity index is 2.50. The van der Waals surface area contributed by atoms with E-state index in [1.165, 1.54) is 0 Å². The Morgan fingerprint density at radius 2 is 2.40 bits per heavy atom. The molecule has 0 saturated heterocycles. The van der Waals surface area contributed by atoms with Gasteiger partial charge in [0.15, 0.2) is 5.82 Å². The van der Waals surface area contributed by atoms with Crippen molar-refractivity contribution in [3.8, 4) is 0 Å². The molecule has 0 N–H and O–H groups in total. The minimum absolute atomic E-state index is 0.759. The van der Waals surface area contributed by atoms with Crippen molar-refractivity contribution in [1.29, 1.82) is 0 Å². The van der Waals surface area contributed by atoms with Crippen molar-refractivity contribution in [2.24, 2.45) is 0 Å². The molecule has 2 heterocycles. The van der Waals surface area contributed by atoms with Crippen molar-refractivity contribution in [2.45, 2.75) is 6.54 Å². The van der Waals surface area contributed by atoms with Gasteiger partial charge in [-0.25, -0.2) is 4.68 Å². The van der Waals surface area contributed by atoms with E-state index < -0.39 is 0 Å². The number of hydrogen-bond donors (Lipinski definition) is 0. The van der Waals surface area contributed by atoms with Crippen LogP contribution in [0.15, 0.2) is 18.2 Å². The van der Waals surface area contributed by atoms with Gasteiger partial charge in [-0.2, -0.15) is 0 Å². The summed E-state index contributed by atoms with van der Waals surface area (Å²) < 4.78 is 1.74. The van der Waals surface area contributed by atoms with E-state index in [9.17, 15) is 0 Å². The smallest absolute Gasteiger partial charge is 0.174 e. The molecule has 0 aromatic carbocycles. The largest absolute Gasteiger partial charge is 0.222 e. The molecule has 1 aromatic heterocycles. The lowest BCUT2D eigenvalue weighted by atomic mass is 10.4. The Kier molecular flexibility index (Phi) is 1.10. The van der Waals surface area contributed by atoms with Crippen LogP contribution in [-0.2, 0) is 6.54 Å². The average Bonchev–Trinajstić information content (AvgIpc) is 2.28. The number of tetrazole rings is 1. The monoisotopic (exact) mass is 134 g/mol. The van der Waals surface area contributed by atoms with Gasteiger partial charge in [0.05, 0.1) is 6.54 Å². The number of allylic oxidation sites excluding steroid dienone is 3. The summed E-state index contributed by atoms with van der Waals surface area (Å²) in [5.41, 5.74) is 0. The van der Waals surface area contributed by atoms with Crippen LogP contribution in [0.5, 0.6) is 0 Å². The van der Waals surface area contributed by atoms with Crippen LogP contribution >= 0.6 is 0 Å². The molecule has 10 heavy (non-hydrogen) atoms. The molecule has 0 atom stereocenters. The van der Waals surface area contributed by atoms with Crippen molar-refractivity contribution in [3.63, 3.8) is 0 Å². The number of nitrogens with zero attached hydrogens (tertiary/aromatic N) is 4. The van der Waals surface area contributed by atoms with Crippen molar-refractivity contribution in [3.05, 3.63) is 24.1 Å². The highest BCUT2D eigenvalue weighted by molar-refractivity contribution is 5.43. The van der Waals surface area contributed by atoms with Crippen LogP contribution in [0.3, 0.4) is 0 Å². The second kappa shape index (κ2) is 2.06. The molecule has 1 aliphatic rings. The first-order valence-corrected chi connectivity index (χ1v) is 3.06. The Morgan fingerprint density at radius 1 is 1.40 bits per heavy atom. The van der Waals surface area contributed by atoms with Crippen molar-refractivity contribution in [2.75, 3.05) is 0 Å². The number of aromatic nitrogens is 4. The first-order valence-electron chi connectivity index (χ1n) is 3.06. The van der Waals surface area contributed by atoms with Gasteiger partial charge >= 0.3 is 0 Å². The molecule has 4 nitrogen and oxygen atoms in total. The summed E-state index contributed by atoms with van der Waals surface area (Å²) >= 11 is 0. The third kappa shape index (κ3) is 0.737. The SMILES string of the molecule is C1=CCn2nnnc2C=C1. The number of hydrogen-bond acceptors (Lipinski definition) is 3. The molecule has 1 aliphatic heterocycles. The van der Waals surface area contributed by atoms with Crippen LogP contribution in [0.4, 0.5) is 0 Å². The Bertz CT molecular complexity index is 284. The van der Waals surface area contributed by atoms with E-state index in [-0.39, 0.29) is 0 Å². The lowest BCUT2D eigenvalue weighted by molar-refractivity contribution is 0.657. The van der Waals surface area contributed by atoms with Gasteiger partial charge in [-0.15, -0.1) is 5.10 Å². The minimum atomic E-state index is 0.759. The molecular weight excluding hydrogens is 128 g/mol. The molecule has 0 saturated carbocycles. The predicted octanol–water partition coefficient (Wildman–Crippen LogP) is 0.256. The second-order valence-corrected chi connectivity index (χ2v) is 2.01.